The van der Waals surface area contributed by atoms with Gasteiger partial charge in [-0.2, -0.15) is 0 Å². The lowest BCUT2D eigenvalue weighted by atomic mass is 10.1. The lowest BCUT2D eigenvalue weighted by Crippen LogP contribution is -2.13. The summed E-state index contributed by atoms with van der Waals surface area (Å²) in [5, 5.41) is 7.31. The van der Waals surface area contributed by atoms with Crippen LogP contribution in [0.2, 0.25) is 0 Å². The van der Waals surface area contributed by atoms with Gasteiger partial charge in [-0.25, -0.2) is 9.50 Å². The van der Waals surface area contributed by atoms with Gasteiger partial charge in [0, 0.05) is 28.9 Å². The van der Waals surface area contributed by atoms with Crippen molar-refractivity contribution in [2.75, 3.05) is 26.6 Å². The highest BCUT2D eigenvalue weighted by atomic mass is 16.5. The third-order valence-corrected chi connectivity index (χ3v) is 4.90. The summed E-state index contributed by atoms with van der Waals surface area (Å²) in [7, 11) is 4.66. The van der Waals surface area contributed by atoms with Crippen LogP contribution in [0.4, 0.5) is 5.69 Å². The summed E-state index contributed by atoms with van der Waals surface area (Å²) in [4.78, 5) is 17.5. The molecule has 0 bridgehead atoms. The molecule has 158 valence electrons. The van der Waals surface area contributed by atoms with E-state index in [2.05, 4.69) is 15.4 Å². The summed E-state index contributed by atoms with van der Waals surface area (Å²) in [6.45, 7) is 1.93. The average molecular weight is 418 g/mol. The van der Waals surface area contributed by atoms with Crippen LogP contribution >= 0.6 is 0 Å². The van der Waals surface area contributed by atoms with Crippen molar-refractivity contribution in [1.82, 2.24) is 14.6 Å². The van der Waals surface area contributed by atoms with Gasteiger partial charge in [0.2, 0.25) is 5.88 Å². The molecule has 8 heteroatoms. The van der Waals surface area contributed by atoms with E-state index in [0.29, 0.717) is 34.3 Å². The molecule has 2 heterocycles. The van der Waals surface area contributed by atoms with Crippen LogP contribution in [0.3, 0.4) is 0 Å². The Labute approximate surface area is 179 Å². The van der Waals surface area contributed by atoms with Crippen LogP contribution in [-0.2, 0) is 0 Å². The third kappa shape index (κ3) is 4.13. The lowest BCUT2D eigenvalue weighted by molar-refractivity contribution is 0.102. The van der Waals surface area contributed by atoms with Crippen LogP contribution in [-0.4, -0.2) is 41.8 Å². The van der Waals surface area contributed by atoms with Crippen LogP contribution in [0.15, 0.2) is 54.7 Å². The molecule has 0 aliphatic carbocycles. The van der Waals surface area contributed by atoms with Crippen LogP contribution in [0.5, 0.6) is 17.4 Å². The predicted molar refractivity (Wildman–Crippen MR) is 117 cm³/mol. The number of hydrogen-bond acceptors (Lipinski definition) is 6. The molecule has 1 N–H and O–H groups in total. The number of ether oxygens (including phenoxy) is 3. The summed E-state index contributed by atoms with van der Waals surface area (Å²) in [5.41, 5.74) is 4.34. The molecule has 0 atom stereocenters. The number of nitrogens with one attached hydrogen (secondary N) is 1. The maximum atomic E-state index is 12.9. The Bertz CT molecular complexity index is 1240. The maximum absolute atomic E-state index is 12.9. The molecule has 0 radical (unpaired) electrons. The van der Waals surface area contributed by atoms with E-state index in [1.807, 2.05) is 37.4 Å². The van der Waals surface area contributed by atoms with Gasteiger partial charge in [0.25, 0.3) is 5.91 Å². The summed E-state index contributed by atoms with van der Waals surface area (Å²) in [6, 6.07) is 14.4. The summed E-state index contributed by atoms with van der Waals surface area (Å²) in [5.74, 6) is 1.33. The summed E-state index contributed by atoms with van der Waals surface area (Å²) < 4.78 is 17.3. The van der Waals surface area contributed by atoms with Crippen LogP contribution in [0.1, 0.15) is 15.9 Å². The summed E-state index contributed by atoms with van der Waals surface area (Å²) in [6.07, 6.45) is 1.82. The Kier molecular flexibility index (Phi) is 5.44. The highest BCUT2D eigenvalue weighted by Gasteiger charge is 2.13. The Morgan fingerprint density at radius 3 is 2.35 bits per heavy atom. The van der Waals surface area contributed by atoms with Gasteiger partial charge < -0.3 is 19.5 Å². The van der Waals surface area contributed by atoms with Crippen molar-refractivity contribution in [2.45, 2.75) is 6.92 Å². The molecule has 31 heavy (non-hydrogen) atoms. The minimum absolute atomic E-state index is 0.265. The van der Waals surface area contributed by atoms with Gasteiger partial charge in [0.05, 0.1) is 33.2 Å². The third-order valence-electron chi connectivity index (χ3n) is 4.90. The molecule has 0 saturated carbocycles. The zero-order chi connectivity index (χ0) is 22.0. The second-order valence-corrected chi connectivity index (χ2v) is 6.89. The van der Waals surface area contributed by atoms with E-state index >= 15 is 0 Å². The van der Waals surface area contributed by atoms with Crippen molar-refractivity contribution in [3.05, 3.63) is 65.9 Å². The highest BCUT2D eigenvalue weighted by Crippen LogP contribution is 2.27. The van der Waals surface area contributed by atoms with Crippen molar-refractivity contribution in [3.8, 4) is 28.6 Å². The standard InChI is InChI=1S/C23H22N4O4/c1-14-5-6-15(20-13-27-21(24-20)7-8-22(26-27)31-4)11-19(14)25-23(28)16-9-17(29-2)12-18(10-16)30-3/h5-13H,1-4H3,(H,25,28). The molecule has 1 amide bonds. The molecule has 8 nitrogen and oxygen atoms in total. The molecule has 0 saturated heterocycles. The zero-order valence-electron chi connectivity index (χ0n) is 17.7. The molecule has 4 rings (SSSR count). The number of rotatable bonds is 6. The van der Waals surface area contributed by atoms with Crippen molar-refractivity contribution >= 4 is 17.2 Å². The molecule has 0 fully saturated rings. The molecule has 2 aromatic carbocycles. The lowest BCUT2D eigenvalue weighted by Gasteiger charge is -2.12. The number of amides is 1. The van der Waals surface area contributed by atoms with Gasteiger partial charge in [0.15, 0.2) is 5.65 Å². The molecule has 2 aromatic heterocycles. The minimum Gasteiger partial charge on any atom is -0.497 e. The van der Waals surface area contributed by atoms with E-state index < -0.39 is 0 Å². The van der Waals surface area contributed by atoms with E-state index in [4.69, 9.17) is 14.2 Å². The number of anilines is 1. The fourth-order valence-electron chi connectivity index (χ4n) is 3.16. The van der Waals surface area contributed by atoms with E-state index in [9.17, 15) is 4.79 Å². The van der Waals surface area contributed by atoms with Crippen LogP contribution in [0.25, 0.3) is 16.9 Å². The molecule has 0 aliphatic heterocycles. The number of benzene rings is 2. The Hall–Kier alpha value is -4.07. The van der Waals surface area contributed by atoms with Gasteiger partial charge in [-0.05, 0) is 36.8 Å². The highest BCUT2D eigenvalue weighted by molar-refractivity contribution is 6.05. The first-order valence-electron chi connectivity index (χ1n) is 9.56. The number of methoxy groups -OCH3 is 3. The van der Waals surface area contributed by atoms with Crippen molar-refractivity contribution in [2.24, 2.45) is 0 Å². The first kappa shape index (κ1) is 20.2. The van der Waals surface area contributed by atoms with Gasteiger partial charge in [-0.3, -0.25) is 4.79 Å². The van der Waals surface area contributed by atoms with Crippen LogP contribution < -0.4 is 19.5 Å². The number of aromatic nitrogens is 3. The number of aryl methyl sites for hydroxylation is 1. The number of carbonyl (C=O) groups excluding carboxylic acids is 1. The maximum Gasteiger partial charge on any atom is 0.255 e. The SMILES string of the molecule is COc1cc(OC)cc(C(=O)Nc2cc(-c3cn4nc(OC)ccc4n3)ccc2C)c1. The first-order chi connectivity index (χ1) is 15.0. The summed E-state index contributed by atoms with van der Waals surface area (Å²) >= 11 is 0. The van der Waals surface area contributed by atoms with Gasteiger partial charge >= 0.3 is 0 Å². The molecular formula is C23H22N4O4. The molecule has 0 unspecified atom stereocenters. The normalized spacial score (nSPS) is 10.7. The average Bonchev–Trinajstić information content (AvgIpc) is 3.23. The largest absolute Gasteiger partial charge is 0.497 e. The minimum atomic E-state index is -0.265. The zero-order valence-corrected chi connectivity index (χ0v) is 17.7. The molecular weight excluding hydrogens is 396 g/mol. The van der Waals surface area contributed by atoms with Gasteiger partial charge in [-0.15, -0.1) is 5.10 Å². The van der Waals surface area contributed by atoms with E-state index in [1.54, 1.807) is 50.1 Å². The second-order valence-electron chi connectivity index (χ2n) is 6.89. The smallest absolute Gasteiger partial charge is 0.255 e. The number of carbonyl (C=O) groups is 1. The van der Waals surface area contributed by atoms with Crippen molar-refractivity contribution in [3.63, 3.8) is 0 Å². The van der Waals surface area contributed by atoms with E-state index in [0.717, 1.165) is 16.8 Å². The monoisotopic (exact) mass is 418 g/mol. The van der Waals surface area contributed by atoms with Crippen LogP contribution in [0, 0.1) is 6.92 Å². The van der Waals surface area contributed by atoms with E-state index in [-0.39, 0.29) is 5.91 Å². The second kappa shape index (κ2) is 8.35. The molecule has 0 aliphatic rings. The molecule has 4 aromatic rings. The predicted octanol–water partition coefficient (Wildman–Crippen LogP) is 3.98. The fraction of sp³-hybridized carbons (Fsp3) is 0.174. The number of nitrogens with zero attached hydrogens (tertiary/aromatic N) is 3. The quantitative estimate of drug-likeness (QED) is 0.510. The van der Waals surface area contributed by atoms with Crippen molar-refractivity contribution < 1.29 is 19.0 Å². The Morgan fingerprint density at radius 1 is 0.935 bits per heavy atom. The Morgan fingerprint density at radius 2 is 1.68 bits per heavy atom. The topological polar surface area (TPSA) is 87.0 Å². The van der Waals surface area contributed by atoms with Crippen molar-refractivity contribution in [1.29, 1.82) is 0 Å². The first-order valence-corrected chi connectivity index (χ1v) is 9.56. The Balaban J connectivity index is 1.65. The number of fused-ring (bicyclic) bond motifs is 1. The van der Waals surface area contributed by atoms with E-state index in [1.165, 1.54) is 0 Å². The number of hydrogen-bond donors (Lipinski definition) is 1. The molecule has 0 spiro atoms. The number of imidazole rings is 1. The van der Waals surface area contributed by atoms with Gasteiger partial charge in [-0.1, -0.05) is 12.1 Å². The fourth-order valence-corrected chi connectivity index (χ4v) is 3.16. The van der Waals surface area contributed by atoms with Gasteiger partial charge in [0.1, 0.15) is 11.5 Å².